The van der Waals surface area contributed by atoms with Crippen molar-refractivity contribution in [3.05, 3.63) is 34.9 Å². The van der Waals surface area contributed by atoms with E-state index >= 15 is 0 Å². The van der Waals surface area contributed by atoms with E-state index in [0.717, 1.165) is 12.1 Å². The van der Waals surface area contributed by atoms with Crippen molar-refractivity contribution in [3.63, 3.8) is 0 Å². The van der Waals surface area contributed by atoms with Crippen LogP contribution in [0.4, 0.5) is 8.78 Å². The molecule has 80 valence electrons. The Morgan fingerprint density at radius 3 is 2.07 bits per heavy atom. The van der Waals surface area contributed by atoms with Gasteiger partial charge in [-0.3, -0.25) is 9.59 Å². The smallest absolute Gasteiger partial charge is 0.253 e. The van der Waals surface area contributed by atoms with Gasteiger partial charge in [0.2, 0.25) is 0 Å². The average Bonchev–Trinajstić information content (AvgIpc) is 2.15. The molecular weight excluding hydrogens is 204 g/mol. The van der Waals surface area contributed by atoms with Crippen LogP contribution >= 0.6 is 0 Å². The predicted octanol–water partition coefficient (Wildman–Crippen LogP) is 1.48. The van der Waals surface area contributed by atoms with Crippen molar-refractivity contribution in [2.24, 2.45) is 0 Å². The minimum atomic E-state index is -1.03. The minimum absolute atomic E-state index is 0.0780. The van der Waals surface area contributed by atoms with Crippen LogP contribution in [0.1, 0.15) is 20.7 Å². The van der Waals surface area contributed by atoms with Gasteiger partial charge in [0.25, 0.3) is 5.91 Å². The molecule has 0 atom stereocenters. The summed E-state index contributed by atoms with van der Waals surface area (Å²) in [6.07, 6.45) is 0.0780. The van der Waals surface area contributed by atoms with Gasteiger partial charge in [-0.2, -0.15) is 0 Å². The quantitative estimate of drug-likeness (QED) is 0.698. The summed E-state index contributed by atoms with van der Waals surface area (Å²) in [6, 6.07) is 1.68. The molecule has 0 unspecified atom stereocenters. The summed E-state index contributed by atoms with van der Waals surface area (Å²) in [7, 11) is 2.93. The van der Waals surface area contributed by atoms with Crippen LogP contribution in [-0.2, 0) is 0 Å². The van der Waals surface area contributed by atoms with E-state index in [0.29, 0.717) is 0 Å². The van der Waals surface area contributed by atoms with E-state index in [1.807, 2.05) is 0 Å². The second-order valence-electron chi connectivity index (χ2n) is 3.17. The lowest BCUT2D eigenvalue weighted by Gasteiger charge is -2.10. The number of nitrogens with zero attached hydrogens (tertiary/aromatic N) is 1. The Hall–Kier alpha value is -1.78. The van der Waals surface area contributed by atoms with Gasteiger partial charge in [-0.05, 0) is 12.1 Å². The molecule has 0 spiro atoms. The highest BCUT2D eigenvalue weighted by Gasteiger charge is 2.15. The zero-order valence-corrected chi connectivity index (χ0v) is 8.25. The predicted molar refractivity (Wildman–Crippen MR) is 49.8 cm³/mol. The van der Waals surface area contributed by atoms with Gasteiger partial charge in [-0.25, -0.2) is 8.78 Å². The topological polar surface area (TPSA) is 37.4 Å². The van der Waals surface area contributed by atoms with E-state index in [2.05, 4.69) is 0 Å². The van der Waals surface area contributed by atoms with Crippen LogP contribution in [0.5, 0.6) is 0 Å². The van der Waals surface area contributed by atoms with Gasteiger partial charge in [0.1, 0.15) is 11.6 Å². The molecule has 0 aliphatic heterocycles. The molecular formula is C10H9F2NO2. The fourth-order valence-corrected chi connectivity index (χ4v) is 1.08. The summed E-state index contributed by atoms with van der Waals surface area (Å²) in [5, 5.41) is 0. The van der Waals surface area contributed by atoms with Crippen molar-refractivity contribution in [1.82, 2.24) is 4.90 Å². The van der Waals surface area contributed by atoms with Gasteiger partial charge in [0.15, 0.2) is 6.29 Å². The van der Waals surface area contributed by atoms with Gasteiger partial charge in [0.05, 0.1) is 5.56 Å². The Balaban J connectivity index is 3.25. The molecule has 3 nitrogen and oxygen atoms in total. The van der Waals surface area contributed by atoms with Crippen molar-refractivity contribution in [1.29, 1.82) is 0 Å². The summed E-state index contributed by atoms with van der Waals surface area (Å²) >= 11 is 0. The first-order valence-corrected chi connectivity index (χ1v) is 4.13. The molecule has 1 rings (SSSR count). The number of amides is 1. The Morgan fingerprint density at radius 1 is 1.27 bits per heavy atom. The Kier molecular flexibility index (Phi) is 3.14. The number of benzene rings is 1. The largest absolute Gasteiger partial charge is 0.345 e. The maximum atomic E-state index is 13.1. The van der Waals surface area contributed by atoms with Crippen molar-refractivity contribution in [3.8, 4) is 0 Å². The van der Waals surface area contributed by atoms with Crippen molar-refractivity contribution < 1.29 is 18.4 Å². The van der Waals surface area contributed by atoms with Crippen LogP contribution in [0.2, 0.25) is 0 Å². The van der Waals surface area contributed by atoms with Gasteiger partial charge in [-0.15, -0.1) is 0 Å². The molecule has 0 saturated carbocycles. The maximum absolute atomic E-state index is 13.1. The molecule has 0 bridgehead atoms. The molecule has 0 aliphatic carbocycles. The second kappa shape index (κ2) is 4.16. The molecule has 0 heterocycles. The number of aldehydes is 1. The van der Waals surface area contributed by atoms with E-state index in [4.69, 9.17) is 0 Å². The van der Waals surface area contributed by atoms with Crippen LogP contribution in [0.15, 0.2) is 12.1 Å². The van der Waals surface area contributed by atoms with Crippen LogP contribution in [0.3, 0.4) is 0 Å². The van der Waals surface area contributed by atoms with Crippen LogP contribution in [0.25, 0.3) is 0 Å². The maximum Gasteiger partial charge on any atom is 0.253 e. The SMILES string of the molecule is CN(C)C(=O)c1cc(F)c(C=O)c(F)c1. The lowest BCUT2D eigenvalue weighted by atomic mass is 10.1. The van der Waals surface area contributed by atoms with Gasteiger partial charge in [0, 0.05) is 19.7 Å². The van der Waals surface area contributed by atoms with Gasteiger partial charge < -0.3 is 4.90 Å². The van der Waals surface area contributed by atoms with E-state index in [-0.39, 0.29) is 11.8 Å². The standard InChI is InChI=1S/C10H9F2NO2/c1-13(2)10(15)6-3-8(11)7(5-14)9(12)4-6/h3-5H,1-2H3. The van der Waals surface area contributed by atoms with Gasteiger partial charge in [-0.1, -0.05) is 0 Å². The molecule has 0 aromatic heterocycles. The molecule has 15 heavy (non-hydrogen) atoms. The lowest BCUT2D eigenvalue weighted by molar-refractivity contribution is 0.0826. The second-order valence-corrected chi connectivity index (χ2v) is 3.17. The fraction of sp³-hybridized carbons (Fsp3) is 0.200. The number of rotatable bonds is 2. The third kappa shape index (κ3) is 2.18. The number of halogens is 2. The van der Waals surface area contributed by atoms with E-state index < -0.39 is 23.1 Å². The molecule has 0 fully saturated rings. The Labute approximate surface area is 85.3 Å². The molecule has 1 amide bonds. The molecule has 1 aromatic carbocycles. The monoisotopic (exact) mass is 213 g/mol. The first kappa shape index (κ1) is 11.3. The molecule has 0 N–H and O–H groups in total. The summed E-state index contributed by atoms with van der Waals surface area (Å²) in [5.74, 6) is -2.59. The highest BCUT2D eigenvalue weighted by atomic mass is 19.1. The summed E-state index contributed by atoms with van der Waals surface area (Å²) in [6.45, 7) is 0. The fourth-order valence-electron chi connectivity index (χ4n) is 1.08. The first-order valence-electron chi connectivity index (χ1n) is 4.13. The van der Waals surface area contributed by atoms with Crippen LogP contribution < -0.4 is 0 Å². The molecule has 1 aromatic rings. The first-order chi connectivity index (χ1) is 6.97. The van der Waals surface area contributed by atoms with E-state index in [9.17, 15) is 18.4 Å². The van der Waals surface area contributed by atoms with E-state index in [1.165, 1.54) is 19.0 Å². The van der Waals surface area contributed by atoms with E-state index in [1.54, 1.807) is 0 Å². The molecule has 0 radical (unpaired) electrons. The van der Waals surface area contributed by atoms with Gasteiger partial charge >= 0.3 is 0 Å². The summed E-state index contributed by atoms with van der Waals surface area (Å²) in [5.41, 5.74) is -0.786. The van der Waals surface area contributed by atoms with Crippen LogP contribution in [-0.4, -0.2) is 31.2 Å². The number of carbonyl (C=O) groups excluding carboxylic acids is 2. The normalized spacial score (nSPS) is 9.87. The van der Waals surface area contributed by atoms with Crippen molar-refractivity contribution in [2.75, 3.05) is 14.1 Å². The third-order valence-electron chi connectivity index (χ3n) is 1.85. The summed E-state index contributed by atoms with van der Waals surface area (Å²) in [4.78, 5) is 22.8. The zero-order valence-electron chi connectivity index (χ0n) is 8.25. The minimum Gasteiger partial charge on any atom is -0.345 e. The summed E-state index contributed by atoms with van der Waals surface area (Å²) < 4.78 is 26.2. The molecule has 5 heteroatoms. The number of carbonyl (C=O) groups is 2. The highest BCUT2D eigenvalue weighted by molar-refractivity contribution is 5.94. The lowest BCUT2D eigenvalue weighted by Crippen LogP contribution is -2.22. The van der Waals surface area contributed by atoms with Crippen molar-refractivity contribution >= 4 is 12.2 Å². The van der Waals surface area contributed by atoms with Crippen LogP contribution in [0, 0.1) is 11.6 Å². The zero-order chi connectivity index (χ0) is 11.6. The number of hydrogen-bond acceptors (Lipinski definition) is 2. The molecule has 0 aliphatic rings. The Bertz CT molecular complexity index is 393. The molecule has 0 saturated heterocycles. The third-order valence-corrected chi connectivity index (χ3v) is 1.85. The Morgan fingerprint density at radius 2 is 1.73 bits per heavy atom. The number of hydrogen-bond donors (Lipinski definition) is 0. The highest BCUT2D eigenvalue weighted by Crippen LogP contribution is 2.14. The van der Waals surface area contributed by atoms with Crippen molar-refractivity contribution in [2.45, 2.75) is 0 Å². The average molecular weight is 213 g/mol.